The van der Waals surface area contributed by atoms with Crippen molar-refractivity contribution in [2.24, 2.45) is 0 Å². The zero-order chi connectivity index (χ0) is 33.2. The predicted octanol–water partition coefficient (Wildman–Crippen LogP) is 3.43. The van der Waals surface area contributed by atoms with Crippen molar-refractivity contribution in [2.75, 3.05) is 26.2 Å². The summed E-state index contributed by atoms with van der Waals surface area (Å²) in [4.78, 5) is 27.4. The zero-order valence-electron chi connectivity index (χ0n) is 25.3. The molecule has 244 valence electrons. The van der Waals surface area contributed by atoms with Gasteiger partial charge in [0.15, 0.2) is 0 Å². The maximum Gasteiger partial charge on any atom is 0.318 e. The lowest BCUT2D eigenvalue weighted by molar-refractivity contribution is -0.135. The molecule has 4 N–H and O–H groups in total. The van der Waals surface area contributed by atoms with Crippen LogP contribution in [-0.4, -0.2) is 69.3 Å². The highest BCUT2D eigenvalue weighted by Gasteiger charge is 2.31. The van der Waals surface area contributed by atoms with Gasteiger partial charge in [0.2, 0.25) is 15.9 Å². The van der Waals surface area contributed by atoms with Crippen molar-refractivity contribution in [1.29, 1.82) is 0 Å². The van der Waals surface area contributed by atoms with Crippen molar-refractivity contribution in [2.45, 2.75) is 51.0 Å². The Labute approximate surface area is 269 Å². The molecule has 12 nitrogen and oxygen atoms in total. The second-order valence-corrected chi connectivity index (χ2v) is 14.1. The van der Waals surface area contributed by atoms with Crippen LogP contribution in [0.4, 0.5) is 0 Å². The molecule has 0 saturated heterocycles. The summed E-state index contributed by atoms with van der Waals surface area (Å²) in [6, 6.07) is 13.7. The molecule has 0 saturated carbocycles. The number of hydrogen-bond donors (Lipinski definition) is 4. The van der Waals surface area contributed by atoms with Crippen LogP contribution in [0.1, 0.15) is 49.4 Å². The van der Waals surface area contributed by atoms with Crippen LogP contribution < -0.4 is 14.8 Å². The molecule has 3 aromatic rings. The summed E-state index contributed by atoms with van der Waals surface area (Å²) < 4.78 is 57.0. The summed E-state index contributed by atoms with van der Waals surface area (Å²) in [5.41, 5.74) is 4.20. The van der Waals surface area contributed by atoms with Gasteiger partial charge in [-0.15, -0.1) is 0 Å². The van der Waals surface area contributed by atoms with Crippen LogP contribution in [0.15, 0.2) is 65.8 Å². The number of aromatic nitrogens is 1. The molecule has 0 spiro atoms. The topological polar surface area (TPSA) is 175 Å². The summed E-state index contributed by atoms with van der Waals surface area (Å²) in [5.74, 6) is -1.74. The van der Waals surface area contributed by atoms with Gasteiger partial charge in [0.25, 0.3) is 10.2 Å². The molecule has 1 atom stereocenters. The molecule has 0 aliphatic rings. The molecule has 1 amide bonds. The van der Waals surface area contributed by atoms with E-state index in [0.29, 0.717) is 10.6 Å². The molecule has 3 rings (SSSR count). The third-order valence-corrected chi connectivity index (χ3v) is 10.8. The fourth-order valence-electron chi connectivity index (χ4n) is 4.72. The van der Waals surface area contributed by atoms with Crippen LogP contribution >= 0.6 is 11.6 Å². The number of carbonyl (C=O) groups is 2. The lowest BCUT2D eigenvalue weighted by Gasteiger charge is -2.30. The molecule has 0 aliphatic carbocycles. The Kier molecular flexibility index (Phi) is 13.0. The number of rotatable bonds is 17. The number of aryl methyl sites for hydroxylation is 1. The number of benzene rings is 2. The largest absolute Gasteiger partial charge is 0.480 e. The number of nitrogens with zero attached hydrogens (tertiary/aromatic N) is 2. The van der Waals surface area contributed by atoms with Gasteiger partial charge in [0.05, 0.1) is 4.90 Å². The second kappa shape index (κ2) is 16.2. The normalized spacial score (nSPS) is 12.6. The van der Waals surface area contributed by atoms with Gasteiger partial charge in [-0.05, 0) is 78.8 Å². The van der Waals surface area contributed by atoms with E-state index < -0.39 is 44.7 Å². The summed E-state index contributed by atoms with van der Waals surface area (Å²) >= 11 is 6.29. The van der Waals surface area contributed by atoms with Gasteiger partial charge in [-0.1, -0.05) is 42.8 Å². The number of carboxylic acids is 1. The monoisotopic (exact) mass is 679 g/mol. The van der Waals surface area contributed by atoms with Crippen LogP contribution in [0.3, 0.4) is 0 Å². The SMILES string of the molecule is CCc1cnccc1-c1cccc([C@H](C)N(CCCC(=O)NCCNS(=O)(=O)NCC(=O)O)S(=O)(=O)c2cccc(Cl)c2C)c1. The van der Waals surface area contributed by atoms with Gasteiger partial charge >= 0.3 is 5.97 Å². The Morgan fingerprint density at radius 2 is 1.78 bits per heavy atom. The lowest BCUT2D eigenvalue weighted by Crippen LogP contribution is -2.42. The Hall–Kier alpha value is -3.40. The number of aliphatic carboxylic acids is 1. The maximum absolute atomic E-state index is 14.1. The minimum atomic E-state index is -4.06. The first-order valence-corrected chi connectivity index (χ1v) is 17.6. The third-order valence-electron chi connectivity index (χ3n) is 7.14. The predicted molar refractivity (Wildman–Crippen MR) is 172 cm³/mol. The molecule has 0 fully saturated rings. The van der Waals surface area contributed by atoms with Crippen molar-refractivity contribution >= 4 is 43.7 Å². The van der Waals surface area contributed by atoms with Crippen molar-refractivity contribution in [3.63, 3.8) is 0 Å². The third kappa shape index (κ3) is 10.0. The van der Waals surface area contributed by atoms with E-state index in [4.69, 9.17) is 16.7 Å². The number of amides is 1. The highest BCUT2D eigenvalue weighted by Crippen LogP contribution is 2.33. The highest BCUT2D eigenvalue weighted by molar-refractivity contribution is 7.89. The fraction of sp³-hybridized carbons (Fsp3) is 0.367. The van der Waals surface area contributed by atoms with E-state index in [0.717, 1.165) is 28.7 Å². The van der Waals surface area contributed by atoms with Crippen molar-refractivity contribution in [3.05, 3.63) is 82.6 Å². The smallest absolute Gasteiger partial charge is 0.318 e. The first kappa shape index (κ1) is 36.1. The number of pyridine rings is 1. The van der Waals surface area contributed by atoms with Crippen LogP contribution in [0, 0.1) is 6.92 Å². The molecule has 1 aromatic heterocycles. The molecule has 1 heterocycles. The Balaban J connectivity index is 1.77. The van der Waals surface area contributed by atoms with Crippen LogP contribution in [0.2, 0.25) is 5.02 Å². The minimum Gasteiger partial charge on any atom is -0.480 e. The first-order valence-electron chi connectivity index (χ1n) is 14.3. The minimum absolute atomic E-state index is 0.0196. The summed E-state index contributed by atoms with van der Waals surface area (Å²) in [7, 11) is -8.09. The summed E-state index contributed by atoms with van der Waals surface area (Å²) in [5, 5.41) is 11.5. The molecule has 0 aliphatic heterocycles. The lowest BCUT2D eigenvalue weighted by atomic mass is 9.97. The Morgan fingerprint density at radius 3 is 2.49 bits per heavy atom. The first-order chi connectivity index (χ1) is 21.3. The number of carboxylic acid groups (broad SMARTS) is 1. The standard InChI is InChI=1S/C30H38ClN5O7S2/c1-4-23-19-32-14-13-26(23)25-9-5-8-24(18-25)22(3)36(44(40,41)28-11-6-10-27(31)21(28)2)17-7-12-29(37)33-15-16-34-45(42,43)35-20-30(38)39/h5-6,8-11,13-14,18-19,22,34-35H,4,7,12,15-17,20H2,1-3H3,(H,33,37)(H,38,39)/t22-/m0/s1. The zero-order valence-corrected chi connectivity index (χ0v) is 27.7. The molecule has 2 aromatic carbocycles. The average Bonchev–Trinajstić information content (AvgIpc) is 3.01. The van der Waals surface area contributed by atoms with E-state index in [1.54, 1.807) is 32.2 Å². The molecular weight excluding hydrogens is 642 g/mol. The van der Waals surface area contributed by atoms with E-state index in [1.807, 2.05) is 48.2 Å². The molecular formula is C30H38ClN5O7S2. The summed E-state index contributed by atoms with van der Waals surface area (Å²) in [6.45, 7) is 4.52. The number of sulfonamides is 1. The summed E-state index contributed by atoms with van der Waals surface area (Å²) in [6.07, 6.45) is 4.49. The maximum atomic E-state index is 14.1. The van der Waals surface area contributed by atoms with Crippen molar-refractivity contribution in [1.82, 2.24) is 24.1 Å². The van der Waals surface area contributed by atoms with Gasteiger partial charge in [0, 0.05) is 49.5 Å². The highest BCUT2D eigenvalue weighted by atomic mass is 35.5. The molecule has 0 unspecified atom stereocenters. The molecule has 15 heteroatoms. The van der Waals surface area contributed by atoms with Crippen LogP contribution in [0.5, 0.6) is 0 Å². The van der Waals surface area contributed by atoms with E-state index in [9.17, 15) is 26.4 Å². The molecule has 0 bridgehead atoms. The van der Waals surface area contributed by atoms with E-state index in [-0.39, 0.29) is 37.4 Å². The van der Waals surface area contributed by atoms with Crippen molar-refractivity contribution < 1.29 is 31.5 Å². The van der Waals surface area contributed by atoms with Gasteiger partial charge in [-0.2, -0.15) is 17.4 Å². The van der Waals surface area contributed by atoms with Gasteiger partial charge < -0.3 is 10.4 Å². The Morgan fingerprint density at radius 1 is 1.04 bits per heavy atom. The van der Waals surface area contributed by atoms with Crippen molar-refractivity contribution in [3.8, 4) is 11.1 Å². The quantitative estimate of drug-likeness (QED) is 0.157. The molecule has 0 radical (unpaired) electrons. The number of halogens is 1. The number of carbonyl (C=O) groups excluding carboxylic acids is 1. The van der Waals surface area contributed by atoms with Crippen LogP contribution in [-0.2, 0) is 36.2 Å². The number of nitrogens with one attached hydrogen (secondary N) is 3. The van der Waals surface area contributed by atoms with E-state index >= 15 is 0 Å². The van der Waals surface area contributed by atoms with Gasteiger partial charge in [-0.3, -0.25) is 14.6 Å². The van der Waals surface area contributed by atoms with E-state index in [1.165, 1.54) is 10.4 Å². The fourth-order valence-corrected chi connectivity index (χ4v) is 7.64. The van der Waals surface area contributed by atoms with Crippen LogP contribution in [0.25, 0.3) is 11.1 Å². The van der Waals surface area contributed by atoms with Gasteiger partial charge in [0.1, 0.15) is 6.54 Å². The number of hydrogen-bond acceptors (Lipinski definition) is 7. The Bertz CT molecular complexity index is 1720. The average molecular weight is 680 g/mol. The van der Waals surface area contributed by atoms with Gasteiger partial charge in [-0.25, -0.2) is 13.1 Å². The second-order valence-electron chi connectivity index (χ2n) is 10.2. The van der Waals surface area contributed by atoms with E-state index in [2.05, 4.69) is 15.0 Å². The molecule has 45 heavy (non-hydrogen) atoms.